The van der Waals surface area contributed by atoms with E-state index in [2.05, 4.69) is 518 Å². The lowest BCUT2D eigenvalue weighted by Gasteiger charge is -2.19. The molecule has 146 heavy (non-hydrogen) atoms. The summed E-state index contributed by atoms with van der Waals surface area (Å²) in [5.74, 6) is 1.87. The van der Waals surface area contributed by atoms with Gasteiger partial charge in [-0.25, -0.2) is 9.97 Å². The molecule has 4 aromatic heterocycles. The first-order chi connectivity index (χ1) is 72.4. The zero-order valence-corrected chi connectivity index (χ0v) is 79.6. The number of hydrogen-bond acceptors (Lipinski definition) is 4. The predicted octanol–water partition coefficient (Wildman–Crippen LogP) is 37.5. The van der Waals surface area contributed by atoms with Crippen LogP contribution in [0.15, 0.2) is 546 Å². The molecular weight excluding hydrogens is 1770 g/mol. The highest BCUT2D eigenvalue weighted by atomic mass is 15.1. The van der Waals surface area contributed by atoms with Crippen molar-refractivity contribution in [3.05, 3.63) is 546 Å². The van der Waals surface area contributed by atoms with Gasteiger partial charge in [0.2, 0.25) is 0 Å². The summed E-state index contributed by atoms with van der Waals surface area (Å²) in [7, 11) is 0. The van der Waals surface area contributed by atoms with Crippen molar-refractivity contribution < 1.29 is 0 Å². The Labute approximate surface area is 844 Å². The topological polar surface area (TPSA) is 61.4 Å². The van der Waals surface area contributed by atoms with E-state index in [9.17, 15) is 0 Å². The molecule has 0 unspecified atom stereocenters. The fourth-order valence-corrected chi connectivity index (χ4v) is 22.4. The maximum atomic E-state index is 5.25. The van der Waals surface area contributed by atoms with Crippen LogP contribution >= 0.6 is 0 Å². The zero-order chi connectivity index (χ0) is 96.5. The Morgan fingerprint density at radius 2 is 0.411 bits per heavy atom. The van der Waals surface area contributed by atoms with Crippen molar-refractivity contribution in [2.45, 2.75) is 0 Å². The summed E-state index contributed by atoms with van der Waals surface area (Å²) in [6.45, 7) is 0. The molecule has 0 aliphatic rings. The molecule has 0 fully saturated rings. The van der Waals surface area contributed by atoms with Gasteiger partial charge in [0.25, 0.3) is 0 Å². The van der Waals surface area contributed by atoms with Gasteiger partial charge in [-0.05, 0) is 300 Å². The van der Waals surface area contributed by atoms with Crippen LogP contribution in [0.2, 0.25) is 0 Å². The largest absolute Gasteiger partial charge is 0.292 e. The average Bonchev–Trinajstić information content (AvgIpc) is 0.967. The molecule has 0 saturated heterocycles. The van der Waals surface area contributed by atoms with Crippen molar-refractivity contribution in [3.63, 3.8) is 0 Å². The van der Waals surface area contributed by atoms with Crippen molar-refractivity contribution in [1.29, 1.82) is 0 Å². The van der Waals surface area contributed by atoms with Gasteiger partial charge in [-0.2, -0.15) is 0 Å². The van der Waals surface area contributed by atoms with Crippen molar-refractivity contribution in [3.8, 4) is 134 Å². The molecule has 0 aliphatic heterocycles. The van der Waals surface area contributed by atoms with E-state index in [0.29, 0.717) is 0 Å². The Morgan fingerprint density at radius 1 is 0.137 bits per heavy atom. The third kappa shape index (κ3) is 15.5. The number of rotatable bonds is 13. The first-order valence-electron chi connectivity index (χ1n) is 49.9. The first-order valence-corrected chi connectivity index (χ1v) is 49.9. The van der Waals surface area contributed by atoms with Gasteiger partial charge in [-0.3, -0.25) is 19.1 Å². The van der Waals surface area contributed by atoms with Crippen LogP contribution in [-0.4, -0.2) is 29.1 Å². The lowest BCUT2D eigenvalue weighted by Crippen LogP contribution is -1.98. The molecule has 0 saturated carbocycles. The van der Waals surface area contributed by atoms with Gasteiger partial charge in [-0.1, -0.05) is 425 Å². The second-order valence-corrected chi connectivity index (χ2v) is 37.8. The highest BCUT2D eigenvalue weighted by Gasteiger charge is 2.26. The molecule has 6 heteroatoms. The molecule has 0 bridgehead atoms. The molecule has 29 aromatic rings. The molecule has 0 spiro atoms. The summed E-state index contributed by atoms with van der Waals surface area (Å²) in [5.41, 5.74) is 30.9. The number of nitrogens with zero attached hydrogens (tertiary/aromatic N) is 6. The summed E-state index contributed by atoms with van der Waals surface area (Å²) in [6.07, 6.45) is 3.91. The fraction of sp³-hybridized carbons (Fsp3) is 0. The monoisotopic (exact) mass is 1850 g/mol. The number of hydrogen-bond donors (Lipinski definition) is 0. The average molecular weight is 1860 g/mol. The number of fused-ring (bicyclic) bond motifs is 13. The van der Waals surface area contributed by atoms with E-state index in [0.717, 1.165) is 89.5 Å². The number of benzene rings is 25. The standard InChI is InChI=1S/C48H30N2.C47H30N2.C45H30N2/c1-3-11-33-25-37(19-17-31(33)9-1)47-41-14-6-7-15-42(41)48(38-20-18-32-10-2-4-12-34(32)26-38)44-28-35(21-23-43(44)47)39-22-24-46(49-29-39)40-27-36-13-5-8-16-45(36)50-30-40;1-2-16-38(17-3-1)49-44-21-11-10-20-43(44)48-47(49)37-26-27-41-42(30-37)46(36-25-23-32-13-5-7-15-34(32)29-36)40-19-9-8-18-39(40)45(41)35-24-22-31-12-4-6-14-33(31)28-35;1-4-14-32(15-5-1)43-37-20-10-11-21-38(37)44(33-16-6-2-7-17-33)40-30-35(26-29-39(40)43)31-24-27-36(28-25-31)47-42-23-13-12-22-41(42)46-45(47)34-18-8-3-9-19-34/h1-30H;1-30H;1-30H. The Morgan fingerprint density at radius 3 is 0.829 bits per heavy atom. The van der Waals surface area contributed by atoms with Crippen molar-refractivity contribution in [2.75, 3.05) is 0 Å². The highest BCUT2D eigenvalue weighted by molar-refractivity contribution is 6.26. The Balaban J connectivity index is 0.000000109. The van der Waals surface area contributed by atoms with Crippen molar-refractivity contribution in [2.24, 2.45) is 0 Å². The summed E-state index contributed by atoms with van der Waals surface area (Å²) in [4.78, 5) is 19.9. The van der Waals surface area contributed by atoms with Gasteiger partial charge in [-0.15, -0.1) is 0 Å². The van der Waals surface area contributed by atoms with Crippen LogP contribution in [0.4, 0.5) is 0 Å². The van der Waals surface area contributed by atoms with Crippen LogP contribution in [0.1, 0.15) is 0 Å². The molecule has 0 N–H and O–H groups in total. The van der Waals surface area contributed by atoms with Crippen LogP contribution in [-0.2, 0) is 0 Å². The predicted molar refractivity (Wildman–Crippen MR) is 617 cm³/mol. The summed E-state index contributed by atoms with van der Waals surface area (Å²) < 4.78 is 4.55. The third-order valence-corrected chi connectivity index (χ3v) is 29.2. The minimum atomic E-state index is 0.911. The minimum Gasteiger partial charge on any atom is -0.292 e. The maximum absolute atomic E-state index is 5.25. The van der Waals surface area contributed by atoms with Crippen LogP contribution in [0.25, 0.3) is 275 Å². The van der Waals surface area contributed by atoms with E-state index in [1.54, 1.807) is 0 Å². The van der Waals surface area contributed by atoms with Crippen LogP contribution < -0.4 is 0 Å². The smallest absolute Gasteiger partial charge is 0.145 e. The zero-order valence-electron chi connectivity index (χ0n) is 79.6. The van der Waals surface area contributed by atoms with Gasteiger partial charge in [0, 0.05) is 51.4 Å². The van der Waals surface area contributed by atoms with E-state index < -0.39 is 0 Å². The molecule has 680 valence electrons. The fourth-order valence-electron chi connectivity index (χ4n) is 22.4. The molecule has 0 aliphatic carbocycles. The first kappa shape index (κ1) is 85.8. The summed E-state index contributed by atoms with van der Waals surface area (Å²) in [5, 5.41) is 25.9. The molecule has 4 heterocycles. The van der Waals surface area contributed by atoms with Crippen LogP contribution in [0.5, 0.6) is 0 Å². The number of imidazole rings is 2. The lowest BCUT2D eigenvalue weighted by atomic mass is 9.84. The SMILES string of the molecule is c1ccc(-c2c3ccccc3c(-c3ccccc3)c3cc(-c4ccc(-n5c(-c6ccccc6)nc6ccccc65)cc4)ccc23)cc1.c1ccc(-n2c(-c3ccc4c(-c5ccc6ccccc6c5)c5ccccc5c(-c5ccc6ccccc6c5)c4c3)nc3ccccc32)cc1.c1ccc2cc(-c3c4ccccc4c(-c4ccc5ccccc5c4)c4cc(-c5ccc(-c6cnc7ccccc7c6)nc5)ccc34)ccc2c1. The third-order valence-electron chi connectivity index (χ3n) is 29.2. The molecule has 29 rings (SSSR count). The van der Waals surface area contributed by atoms with Crippen LogP contribution in [0.3, 0.4) is 0 Å². The molecule has 6 nitrogen and oxygen atoms in total. The Hall–Kier alpha value is -19.4. The van der Waals surface area contributed by atoms with E-state index in [1.165, 1.54) is 186 Å². The Bertz CT molecular complexity index is 10200. The van der Waals surface area contributed by atoms with E-state index in [-0.39, 0.29) is 0 Å². The van der Waals surface area contributed by atoms with E-state index in [1.807, 2.05) is 42.7 Å². The number of para-hydroxylation sites is 6. The normalized spacial score (nSPS) is 11.6. The van der Waals surface area contributed by atoms with Gasteiger partial charge in [0.05, 0.1) is 33.3 Å². The van der Waals surface area contributed by atoms with Crippen LogP contribution in [0, 0.1) is 0 Å². The lowest BCUT2D eigenvalue weighted by molar-refractivity contribution is 1.10. The highest BCUT2D eigenvalue weighted by Crippen LogP contribution is 2.51. The minimum absolute atomic E-state index is 0.911. The Kier molecular flexibility index (Phi) is 21.5. The van der Waals surface area contributed by atoms with E-state index in [4.69, 9.17) is 15.0 Å². The quantitative estimate of drug-likeness (QED) is 0.108. The van der Waals surface area contributed by atoms with Gasteiger partial charge in [0.15, 0.2) is 0 Å². The molecule has 0 amide bonds. The molecule has 0 radical (unpaired) electrons. The van der Waals surface area contributed by atoms with E-state index >= 15 is 0 Å². The number of pyridine rings is 2. The maximum Gasteiger partial charge on any atom is 0.145 e. The van der Waals surface area contributed by atoms with Crippen molar-refractivity contribution in [1.82, 2.24) is 29.1 Å². The van der Waals surface area contributed by atoms with Crippen molar-refractivity contribution >= 4 is 141 Å². The summed E-state index contributed by atoms with van der Waals surface area (Å²) >= 11 is 0. The second-order valence-electron chi connectivity index (χ2n) is 37.8. The molecule has 25 aromatic carbocycles. The second kappa shape index (κ2) is 36.7. The number of aromatic nitrogens is 6. The summed E-state index contributed by atoms with van der Waals surface area (Å²) in [6, 6.07) is 192. The molecule has 0 atom stereocenters. The van der Waals surface area contributed by atoms with Gasteiger partial charge < -0.3 is 0 Å². The van der Waals surface area contributed by atoms with Gasteiger partial charge >= 0.3 is 0 Å². The molecular formula is C140H90N6. The van der Waals surface area contributed by atoms with Gasteiger partial charge in [0.1, 0.15) is 11.6 Å².